The molecule has 4 atom stereocenters. The Hall–Kier alpha value is -1.32. The van der Waals surface area contributed by atoms with Crippen molar-refractivity contribution in [2.75, 3.05) is 19.8 Å². The van der Waals surface area contributed by atoms with Gasteiger partial charge in [-0.15, -0.1) is 0 Å². The summed E-state index contributed by atoms with van der Waals surface area (Å²) in [6, 6.07) is -1.01. The second-order valence-electron chi connectivity index (χ2n) is 12.3. The lowest BCUT2D eigenvalue weighted by Gasteiger charge is -2.23. The SMILES string of the molecule is CCCCCC/C=C\CC(O)CC(=O)NC(COP(=O)(O)OCCN)C(O)/C=C/CC/C=C/CCCCCCCCCCCCC. The van der Waals surface area contributed by atoms with E-state index < -0.39 is 38.6 Å². The molecular formula is C36H69N2O7P. The van der Waals surface area contributed by atoms with Crippen molar-refractivity contribution < 1.29 is 33.5 Å². The third-order valence-electron chi connectivity index (χ3n) is 7.74. The van der Waals surface area contributed by atoms with Crippen LogP contribution in [0, 0.1) is 0 Å². The van der Waals surface area contributed by atoms with Crippen LogP contribution in [0.3, 0.4) is 0 Å². The quantitative estimate of drug-likeness (QED) is 0.0266. The highest BCUT2D eigenvalue weighted by Gasteiger charge is 2.27. The molecule has 0 aromatic carbocycles. The highest BCUT2D eigenvalue weighted by atomic mass is 31.2. The molecule has 6 N–H and O–H groups in total. The van der Waals surface area contributed by atoms with Gasteiger partial charge in [0.05, 0.1) is 37.9 Å². The number of hydrogen-bond acceptors (Lipinski definition) is 7. The summed E-state index contributed by atoms with van der Waals surface area (Å²) in [5.74, 6) is -0.495. The lowest BCUT2D eigenvalue weighted by atomic mass is 10.1. The van der Waals surface area contributed by atoms with Gasteiger partial charge in [0.1, 0.15) is 0 Å². The maximum atomic E-state index is 12.6. The Kier molecular flexibility index (Phi) is 31.3. The van der Waals surface area contributed by atoms with Crippen molar-refractivity contribution in [2.45, 2.75) is 167 Å². The number of phosphoric acid groups is 1. The van der Waals surface area contributed by atoms with Crippen LogP contribution in [0.25, 0.3) is 0 Å². The zero-order valence-electron chi connectivity index (χ0n) is 29.2. The van der Waals surface area contributed by atoms with Crippen molar-refractivity contribution in [3.63, 3.8) is 0 Å². The summed E-state index contributed by atoms with van der Waals surface area (Å²) < 4.78 is 21.9. The van der Waals surface area contributed by atoms with Gasteiger partial charge in [-0.2, -0.15) is 0 Å². The number of allylic oxidation sites excluding steroid dienone is 4. The first kappa shape index (κ1) is 44.7. The number of rotatable bonds is 33. The smallest absolute Gasteiger partial charge is 0.392 e. The summed E-state index contributed by atoms with van der Waals surface area (Å²) >= 11 is 0. The number of phosphoric ester groups is 1. The Morgan fingerprint density at radius 3 is 1.83 bits per heavy atom. The molecule has 0 aromatic rings. The van der Waals surface area contributed by atoms with Crippen LogP contribution in [0.5, 0.6) is 0 Å². The van der Waals surface area contributed by atoms with E-state index in [-0.39, 0.29) is 19.6 Å². The van der Waals surface area contributed by atoms with Gasteiger partial charge in [0.25, 0.3) is 0 Å². The monoisotopic (exact) mass is 672 g/mol. The van der Waals surface area contributed by atoms with Gasteiger partial charge in [-0.25, -0.2) is 4.57 Å². The topological polar surface area (TPSA) is 151 Å². The number of unbranched alkanes of at least 4 members (excludes halogenated alkanes) is 16. The van der Waals surface area contributed by atoms with E-state index >= 15 is 0 Å². The average Bonchev–Trinajstić information content (AvgIpc) is 3.03. The molecule has 0 fully saturated rings. The Bertz CT molecular complexity index is 837. The fraction of sp³-hybridized carbons (Fsp3) is 0.806. The molecule has 0 aliphatic carbocycles. The molecule has 10 heteroatoms. The van der Waals surface area contributed by atoms with E-state index in [1.165, 1.54) is 89.9 Å². The first-order valence-electron chi connectivity index (χ1n) is 18.2. The average molecular weight is 673 g/mol. The Labute approximate surface area is 281 Å². The molecule has 0 rings (SSSR count). The van der Waals surface area contributed by atoms with Gasteiger partial charge >= 0.3 is 7.82 Å². The molecule has 0 radical (unpaired) electrons. The van der Waals surface area contributed by atoms with Crippen molar-refractivity contribution >= 4 is 13.7 Å². The second kappa shape index (κ2) is 32.2. The molecule has 0 saturated carbocycles. The van der Waals surface area contributed by atoms with E-state index in [1.54, 1.807) is 6.08 Å². The van der Waals surface area contributed by atoms with Gasteiger partial charge in [-0.1, -0.05) is 134 Å². The first-order chi connectivity index (χ1) is 22.3. The minimum absolute atomic E-state index is 0.0399. The minimum atomic E-state index is -4.40. The highest BCUT2D eigenvalue weighted by molar-refractivity contribution is 7.47. The number of nitrogens with two attached hydrogens (primary N) is 1. The molecule has 0 saturated heterocycles. The van der Waals surface area contributed by atoms with Crippen molar-refractivity contribution in [1.82, 2.24) is 5.32 Å². The number of carbonyl (C=O) groups excluding carboxylic acids is 1. The maximum Gasteiger partial charge on any atom is 0.472 e. The molecular weight excluding hydrogens is 603 g/mol. The number of amides is 1. The predicted molar refractivity (Wildman–Crippen MR) is 190 cm³/mol. The van der Waals surface area contributed by atoms with Crippen molar-refractivity contribution in [1.29, 1.82) is 0 Å². The highest BCUT2D eigenvalue weighted by Crippen LogP contribution is 2.43. The van der Waals surface area contributed by atoms with E-state index in [1.807, 2.05) is 18.2 Å². The molecule has 9 nitrogen and oxygen atoms in total. The first-order valence-corrected chi connectivity index (χ1v) is 19.7. The van der Waals surface area contributed by atoms with Gasteiger partial charge in [0, 0.05) is 6.54 Å². The standard InChI is InChI=1S/C36H69N2O7P/c1-3-5-7-9-11-12-13-14-15-16-17-18-19-20-22-24-26-28-35(40)34(32-45-46(42,43)44-30-29-37)38-36(41)31-33(39)27-25-23-21-10-8-6-4-2/h19-20,23,25-26,28,33-35,39-40H,3-18,21-22,24,27,29-32,37H2,1-2H3,(H,38,41)(H,42,43)/b20-19+,25-23-,28-26+. The van der Waals surface area contributed by atoms with Crippen LogP contribution in [0.4, 0.5) is 0 Å². The Balaban J connectivity index is 4.51. The van der Waals surface area contributed by atoms with Crippen LogP contribution in [-0.4, -0.2) is 59.0 Å². The van der Waals surface area contributed by atoms with Crippen LogP contribution >= 0.6 is 7.82 Å². The van der Waals surface area contributed by atoms with Crippen LogP contribution in [0.1, 0.15) is 149 Å². The summed E-state index contributed by atoms with van der Waals surface area (Å²) in [5, 5.41) is 23.7. The summed E-state index contributed by atoms with van der Waals surface area (Å²) in [7, 11) is -4.40. The molecule has 0 aliphatic rings. The zero-order chi connectivity index (χ0) is 34.1. The lowest BCUT2D eigenvalue weighted by Crippen LogP contribution is -2.46. The van der Waals surface area contributed by atoms with Crippen LogP contribution < -0.4 is 11.1 Å². The fourth-order valence-corrected chi connectivity index (χ4v) is 5.71. The predicted octanol–water partition coefficient (Wildman–Crippen LogP) is 8.19. The number of hydrogen-bond donors (Lipinski definition) is 5. The van der Waals surface area contributed by atoms with E-state index in [0.717, 1.165) is 25.7 Å². The molecule has 46 heavy (non-hydrogen) atoms. The minimum Gasteiger partial charge on any atom is -0.392 e. The molecule has 1 amide bonds. The van der Waals surface area contributed by atoms with E-state index in [9.17, 15) is 24.5 Å². The summed E-state index contributed by atoms with van der Waals surface area (Å²) in [5.41, 5.74) is 5.33. The van der Waals surface area contributed by atoms with Crippen LogP contribution in [-0.2, 0) is 18.4 Å². The van der Waals surface area contributed by atoms with Crippen molar-refractivity contribution in [3.8, 4) is 0 Å². The van der Waals surface area contributed by atoms with Crippen LogP contribution in [0.2, 0.25) is 0 Å². The molecule has 0 heterocycles. The molecule has 0 spiro atoms. The second-order valence-corrected chi connectivity index (χ2v) is 13.7. The zero-order valence-corrected chi connectivity index (χ0v) is 30.1. The van der Waals surface area contributed by atoms with Gasteiger partial charge in [0.15, 0.2) is 0 Å². The largest absolute Gasteiger partial charge is 0.472 e. The summed E-state index contributed by atoms with van der Waals surface area (Å²) in [4.78, 5) is 22.5. The molecule has 0 aliphatic heterocycles. The third kappa shape index (κ3) is 30.0. The number of carbonyl (C=O) groups is 1. The van der Waals surface area contributed by atoms with E-state index in [0.29, 0.717) is 12.8 Å². The Morgan fingerprint density at radius 2 is 1.24 bits per heavy atom. The fourth-order valence-electron chi connectivity index (χ4n) is 4.95. The number of aliphatic hydroxyl groups excluding tert-OH is 2. The van der Waals surface area contributed by atoms with E-state index in [4.69, 9.17) is 14.8 Å². The maximum absolute atomic E-state index is 12.6. The molecule has 0 bridgehead atoms. The normalized spacial score (nSPS) is 15.5. The molecule has 0 aromatic heterocycles. The van der Waals surface area contributed by atoms with Crippen molar-refractivity contribution in [3.05, 3.63) is 36.5 Å². The number of aliphatic hydroxyl groups is 2. The molecule has 270 valence electrons. The number of nitrogens with one attached hydrogen (secondary N) is 1. The van der Waals surface area contributed by atoms with Gasteiger partial charge < -0.3 is 26.2 Å². The van der Waals surface area contributed by atoms with E-state index in [2.05, 4.69) is 31.3 Å². The van der Waals surface area contributed by atoms with Gasteiger partial charge in [-0.05, 0) is 44.9 Å². The summed E-state index contributed by atoms with van der Waals surface area (Å²) in [6.45, 7) is 3.84. The lowest BCUT2D eigenvalue weighted by molar-refractivity contribution is -0.124. The van der Waals surface area contributed by atoms with Gasteiger partial charge in [0.2, 0.25) is 5.91 Å². The molecule has 4 unspecified atom stereocenters. The third-order valence-corrected chi connectivity index (χ3v) is 8.73. The Morgan fingerprint density at radius 1 is 0.739 bits per heavy atom. The van der Waals surface area contributed by atoms with Crippen LogP contribution in [0.15, 0.2) is 36.5 Å². The summed E-state index contributed by atoms with van der Waals surface area (Å²) in [6.07, 6.45) is 32.7. The van der Waals surface area contributed by atoms with Gasteiger partial charge in [-0.3, -0.25) is 13.8 Å². The van der Waals surface area contributed by atoms with Crippen molar-refractivity contribution in [2.24, 2.45) is 5.73 Å².